The van der Waals surface area contributed by atoms with Crippen LogP contribution in [-0.4, -0.2) is 21.4 Å². The van der Waals surface area contributed by atoms with Crippen molar-refractivity contribution in [2.75, 3.05) is 6.61 Å². The van der Waals surface area contributed by atoms with Crippen molar-refractivity contribution in [3.05, 3.63) is 53.3 Å². The molecule has 1 aliphatic rings. The van der Waals surface area contributed by atoms with Gasteiger partial charge in [0.2, 0.25) is 0 Å². The number of nitrogens with zero attached hydrogens (tertiary/aromatic N) is 1. The molecule has 0 saturated carbocycles. The van der Waals surface area contributed by atoms with Gasteiger partial charge in [-0.2, -0.15) is 0 Å². The van der Waals surface area contributed by atoms with Crippen molar-refractivity contribution in [2.24, 2.45) is 0 Å². The van der Waals surface area contributed by atoms with Gasteiger partial charge in [0.15, 0.2) is 0 Å². The molecule has 1 atom stereocenters. The number of aliphatic hydroxyl groups excluding tert-OH is 2. The molecule has 0 aliphatic heterocycles. The van der Waals surface area contributed by atoms with E-state index in [1.807, 2.05) is 12.3 Å². The van der Waals surface area contributed by atoms with Crippen molar-refractivity contribution in [1.82, 2.24) is 4.57 Å². The van der Waals surface area contributed by atoms with Gasteiger partial charge in [0.25, 0.3) is 0 Å². The van der Waals surface area contributed by atoms with E-state index in [-0.39, 0.29) is 12.7 Å². The molecule has 0 spiro atoms. The third-order valence-electron chi connectivity index (χ3n) is 3.89. The molecule has 2 N–H and O–H groups in total. The maximum absolute atomic E-state index is 9.99. The van der Waals surface area contributed by atoms with Crippen LogP contribution in [0.25, 0.3) is 5.69 Å². The number of hydrogen-bond donors (Lipinski definition) is 2. The maximum atomic E-state index is 9.99. The van der Waals surface area contributed by atoms with Crippen LogP contribution in [-0.2, 0) is 12.8 Å². The van der Waals surface area contributed by atoms with Crippen LogP contribution in [0.3, 0.4) is 0 Å². The molecule has 1 aliphatic carbocycles. The molecule has 1 aromatic carbocycles. The van der Waals surface area contributed by atoms with Crippen molar-refractivity contribution >= 4 is 0 Å². The predicted molar refractivity (Wildman–Crippen MR) is 74.5 cm³/mol. The first-order chi connectivity index (χ1) is 9.29. The molecule has 100 valence electrons. The van der Waals surface area contributed by atoms with E-state index >= 15 is 0 Å². The third kappa shape index (κ3) is 2.31. The Labute approximate surface area is 113 Å². The quantitative estimate of drug-likeness (QED) is 0.886. The summed E-state index contributed by atoms with van der Waals surface area (Å²) in [5, 5.41) is 18.9. The highest BCUT2D eigenvalue weighted by molar-refractivity contribution is 5.41. The molecule has 0 fully saturated rings. The summed E-state index contributed by atoms with van der Waals surface area (Å²) in [6, 6.07) is 10.3. The molecule has 3 nitrogen and oxygen atoms in total. The molecular weight excluding hydrogens is 238 g/mol. The van der Waals surface area contributed by atoms with Crippen LogP contribution in [0, 0.1) is 0 Å². The van der Waals surface area contributed by atoms with E-state index in [0.717, 1.165) is 36.1 Å². The Morgan fingerprint density at radius 1 is 1.16 bits per heavy atom. The Balaban J connectivity index is 1.94. The number of aromatic nitrogens is 1. The zero-order valence-electron chi connectivity index (χ0n) is 10.9. The van der Waals surface area contributed by atoms with Crippen molar-refractivity contribution < 1.29 is 10.2 Å². The molecule has 0 saturated heterocycles. The van der Waals surface area contributed by atoms with E-state index in [2.05, 4.69) is 28.8 Å². The van der Waals surface area contributed by atoms with Gasteiger partial charge in [0, 0.05) is 29.7 Å². The summed E-state index contributed by atoms with van der Waals surface area (Å²) < 4.78 is 2.17. The van der Waals surface area contributed by atoms with Crippen LogP contribution in [0.2, 0.25) is 0 Å². The van der Waals surface area contributed by atoms with Crippen LogP contribution in [0.5, 0.6) is 0 Å². The zero-order chi connectivity index (χ0) is 13.2. The molecule has 3 heteroatoms. The summed E-state index contributed by atoms with van der Waals surface area (Å²) >= 11 is 0. The molecule has 0 amide bonds. The number of rotatable bonds is 3. The van der Waals surface area contributed by atoms with Crippen molar-refractivity contribution in [3.63, 3.8) is 0 Å². The first-order valence-electron chi connectivity index (χ1n) is 6.88. The largest absolute Gasteiger partial charge is 0.396 e. The first-order valence-corrected chi connectivity index (χ1v) is 6.88. The lowest BCUT2D eigenvalue weighted by Gasteiger charge is -2.20. The molecular formula is C16H19NO2. The summed E-state index contributed by atoms with van der Waals surface area (Å²) in [5.41, 5.74) is 4.57. The minimum atomic E-state index is -0.307. The molecule has 2 aromatic rings. The lowest BCUT2D eigenvalue weighted by molar-refractivity contribution is 0.156. The maximum Gasteiger partial charge on any atom is 0.0807 e. The molecule has 3 rings (SSSR count). The highest BCUT2D eigenvalue weighted by Crippen LogP contribution is 2.31. The number of hydrogen-bond acceptors (Lipinski definition) is 2. The van der Waals surface area contributed by atoms with Crippen LogP contribution in [0.1, 0.15) is 35.8 Å². The van der Waals surface area contributed by atoms with Gasteiger partial charge in [-0.05, 0) is 49.4 Å². The van der Waals surface area contributed by atoms with Gasteiger partial charge in [0.05, 0.1) is 6.10 Å². The Hall–Kier alpha value is -1.58. The fourth-order valence-electron chi connectivity index (χ4n) is 2.86. The molecule has 0 radical (unpaired) electrons. The van der Waals surface area contributed by atoms with Crippen LogP contribution < -0.4 is 0 Å². The van der Waals surface area contributed by atoms with E-state index in [1.165, 1.54) is 5.69 Å². The van der Waals surface area contributed by atoms with E-state index in [4.69, 9.17) is 5.11 Å². The second-order valence-corrected chi connectivity index (χ2v) is 5.14. The Bertz CT molecular complexity index is 557. The average molecular weight is 257 g/mol. The number of benzene rings is 1. The van der Waals surface area contributed by atoms with Gasteiger partial charge in [-0.1, -0.05) is 12.1 Å². The summed E-state index contributed by atoms with van der Waals surface area (Å²) in [4.78, 5) is 0. The normalized spacial score (nSPS) is 18.3. The predicted octanol–water partition coefficient (Wildman–Crippen LogP) is 2.38. The second-order valence-electron chi connectivity index (χ2n) is 5.14. The zero-order valence-corrected chi connectivity index (χ0v) is 10.9. The molecule has 0 bridgehead atoms. The van der Waals surface area contributed by atoms with Crippen LogP contribution in [0.4, 0.5) is 0 Å². The van der Waals surface area contributed by atoms with E-state index in [1.54, 1.807) is 0 Å². The minimum absolute atomic E-state index is 0.185. The van der Waals surface area contributed by atoms with Gasteiger partial charge >= 0.3 is 0 Å². The number of fused-ring (bicyclic) bond motifs is 1. The Kier molecular flexibility index (Phi) is 3.40. The topological polar surface area (TPSA) is 45.4 Å². The summed E-state index contributed by atoms with van der Waals surface area (Å²) in [6.45, 7) is 0.185. The van der Waals surface area contributed by atoms with E-state index < -0.39 is 0 Å². The van der Waals surface area contributed by atoms with Gasteiger partial charge in [0.1, 0.15) is 0 Å². The Morgan fingerprint density at radius 2 is 1.95 bits per heavy atom. The van der Waals surface area contributed by atoms with Gasteiger partial charge in [-0.15, -0.1) is 0 Å². The summed E-state index contributed by atoms with van der Waals surface area (Å²) in [7, 11) is 0. The molecule has 1 aromatic heterocycles. The average Bonchev–Trinajstić information content (AvgIpc) is 2.85. The lowest BCUT2D eigenvalue weighted by atomic mass is 9.95. The van der Waals surface area contributed by atoms with E-state index in [9.17, 15) is 5.11 Å². The third-order valence-corrected chi connectivity index (χ3v) is 3.89. The van der Waals surface area contributed by atoms with Crippen molar-refractivity contribution in [1.29, 1.82) is 0 Å². The van der Waals surface area contributed by atoms with E-state index in [0.29, 0.717) is 6.42 Å². The lowest BCUT2D eigenvalue weighted by Crippen LogP contribution is -2.11. The summed E-state index contributed by atoms with van der Waals surface area (Å²) in [5.74, 6) is 0. The standard InChI is InChI=1S/C16H19NO2/c18-11-9-12-4-6-13(7-5-12)17-10-8-14-15(17)2-1-3-16(14)19/h4-8,10,16,18-19H,1-3,9,11H2. The second kappa shape index (κ2) is 5.19. The first kappa shape index (κ1) is 12.5. The van der Waals surface area contributed by atoms with Gasteiger partial charge in [-0.25, -0.2) is 0 Å². The van der Waals surface area contributed by atoms with Crippen LogP contribution in [0.15, 0.2) is 36.5 Å². The highest BCUT2D eigenvalue weighted by Gasteiger charge is 2.21. The van der Waals surface area contributed by atoms with Gasteiger partial charge < -0.3 is 14.8 Å². The van der Waals surface area contributed by atoms with Crippen LogP contribution >= 0.6 is 0 Å². The monoisotopic (exact) mass is 257 g/mol. The smallest absolute Gasteiger partial charge is 0.0807 e. The highest BCUT2D eigenvalue weighted by atomic mass is 16.3. The molecule has 1 heterocycles. The SMILES string of the molecule is OCCc1ccc(-n2ccc3c2CCCC3O)cc1. The minimum Gasteiger partial charge on any atom is -0.396 e. The van der Waals surface area contributed by atoms with Gasteiger partial charge in [-0.3, -0.25) is 0 Å². The van der Waals surface area contributed by atoms with Crippen molar-refractivity contribution in [2.45, 2.75) is 31.8 Å². The molecule has 1 unspecified atom stereocenters. The number of aliphatic hydroxyl groups is 2. The fourth-order valence-corrected chi connectivity index (χ4v) is 2.86. The van der Waals surface area contributed by atoms with Crippen molar-refractivity contribution in [3.8, 4) is 5.69 Å². The fraction of sp³-hybridized carbons (Fsp3) is 0.375. The molecule has 19 heavy (non-hydrogen) atoms. The Morgan fingerprint density at radius 3 is 2.68 bits per heavy atom. The summed E-state index contributed by atoms with van der Waals surface area (Å²) in [6.07, 6.45) is 5.37.